The van der Waals surface area contributed by atoms with Crippen LogP contribution in [0.25, 0.3) is 0 Å². The fourth-order valence-corrected chi connectivity index (χ4v) is 3.35. The van der Waals surface area contributed by atoms with Crippen LogP contribution in [0.3, 0.4) is 0 Å². The predicted octanol–water partition coefficient (Wildman–Crippen LogP) is 5.07. The molecule has 1 heterocycles. The maximum Gasteiger partial charge on any atom is 0.245 e. The molecule has 3 aromatic rings. The minimum atomic E-state index is -0.156. The molecule has 0 fully saturated rings. The third-order valence-electron chi connectivity index (χ3n) is 3.89. The zero-order chi connectivity index (χ0) is 20.5. The van der Waals surface area contributed by atoms with E-state index in [0.717, 1.165) is 16.0 Å². The Labute approximate surface area is 178 Å². The SMILES string of the molecule is CCOc1cc(/C=N\NC(=O)Cc2cccs2)ccc1OCc1ccc(Cl)cc1. The van der Waals surface area contributed by atoms with Crippen LogP contribution >= 0.6 is 22.9 Å². The molecule has 1 aromatic heterocycles. The highest BCUT2D eigenvalue weighted by Crippen LogP contribution is 2.29. The summed E-state index contributed by atoms with van der Waals surface area (Å²) in [5.74, 6) is 1.10. The maximum absolute atomic E-state index is 11.9. The van der Waals surface area contributed by atoms with E-state index in [1.54, 1.807) is 17.6 Å². The summed E-state index contributed by atoms with van der Waals surface area (Å²) in [4.78, 5) is 12.9. The van der Waals surface area contributed by atoms with Crippen molar-refractivity contribution < 1.29 is 14.3 Å². The van der Waals surface area contributed by atoms with Crippen LogP contribution in [0.1, 0.15) is 22.9 Å². The van der Waals surface area contributed by atoms with Crippen LogP contribution < -0.4 is 14.9 Å². The highest BCUT2D eigenvalue weighted by atomic mass is 35.5. The van der Waals surface area contributed by atoms with Gasteiger partial charge in [-0.2, -0.15) is 5.10 Å². The molecular weight excluding hydrogens is 408 g/mol. The molecule has 2 aromatic carbocycles. The smallest absolute Gasteiger partial charge is 0.245 e. The summed E-state index contributed by atoms with van der Waals surface area (Å²) < 4.78 is 11.6. The van der Waals surface area contributed by atoms with Crippen molar-refractivity contribution >= 4 is 35.1 Å². The molecule has 0 atom stereocenters. The van der Waals surface area contributed by atoms with Gasteiger partial charge in [0.05, 0.1) is 19.2 Å². The summed E-state index contributed by atoms with van der Waals surface area (Å²) in [7, 11) is 0. The van der Waals surface area contributed by atoms with E-state index in [9.17, 15) is 4.79 Å². The highest BCUT2D eigenvalue weighted by Gasteiger charge is 2.07. The summed E-state index contributed by atoms with van der Waals surface area (Å²) in [5, 5.41) is 6.66. The first-order chi connectivity index (χ1) is 14.1. The largest absolute Gasteiger partial charge is 0.490 e. The van der Waals surface area contributed by atoms with E-state index in [-0.39, 0.29) is 5.91 Å². The quantitative estimate of drug-likeness (QED) is 0.382. The van der Waals surface area contributed by atoms with Crippen LogP contribution in [0.2, 0.25) is 5.02 Å². The monoisotopic (exact) mass is 428 g/mol. The summed E-state index contributed by atoms with van der Waals surface area (Å²) in [5.41, 5.74) is 4.35. The van der Waals surface area contributed by atoms with Crippen LogP contribution in [0.5, 0.6) is 11.5 Å². The van der Waals surface area contributed by atoms with Gasteiger partial charge in [-0.1, -0.05) is 29.8 Å². The Morgan fingerprint density at radius 3 is 2.69 bits per heavy atom. The molecule has 5 nitrogen and oxygen atoms in total. The van der Waals surface area contributed by atoms with E-state index in [0.29, 0.717) is 36.2 Å². The number of carbonyl (C=O) groups is 1. The first-order valence-electron chi connectivity index (χ1n) is 9.12. The number of halogens is 1. The van der Waals surface area contributed by atoms with Gasteiger partial charge in [0, 0.05) is 9.90 Å². The second-order valence-corrected chi connectivity index (χ2v) is 7.57. The van der Waals surface area contributed by atoms with Crippen molar-refractivity contribution in [1.82, 2.24) is 5.43 Å². The number of thiophene rings is 1. The Morgan fingerprint density at radius 1 is 1.14 bits per heavy atom. The normalized spacial score (nSPS) is 10.8. The van der Waals surface area contributed by atoms with Crippen molar-refractivity contribution in [2.75, 3.05) is 6.61 Å². The van der Waals surface area contributed by atoms with Gasteiger partial charge in [0.25, 0.3) is 0 Å². The van der Waals surface area contributed by atoms with Crippen molar-refractivity contribution in [3.05, 3.63) is 81.0 Å². The molecular formula is C22H21ClN2O3S. The van der Waals surface area contributed by atoms with Gasteiger partial charge in [-0.3, -0.25) is 4.79 Å². The Bertz CT molecular complexity index is 957. The van der Waals surface area contributed by atoms with Gasteiger partial charge in [-0.25, -0.2) is 5.43 Å². The lowest BCUT2D eigenvalue weighted by Gasteiger charge is -2.12. The Hall–Kier alpha value is -2.83. The lowest BCUT2D eigenvalue weighted by molar-refractivity contribution is -0.120. The number of carbonyl (C=O) groups excluding carboxylic acids is 1. The number of nitrogens with zero attached hydrogens (tertiary/aromatic N) is 1. The number of ether oxygens (including phenoxy) is 2. The number of benzene rings is 2. The summed E-state index contributed by atoms with van der Waals surface area (Å²) in [6.45, 7) is 2.83. The molecule has 0 unspecified atom stereocenters. The van der Waals surface area contributed by atoms with Crippen LogP contribution in [0.15, 0.2) is 65.1 Å². The second-order valence-electron chi connectivity index (χ2n) is 6.10. The van der Waals surface area contributed by atoms with Gasteiger partial charge in [0.1, 0.15) is 6.61 Å². The summed E-state index contributed by atoms with van der Waals surface area (Å²) in [6.07, 6.45) is 1.90. The topological polar surface area (TPSA) is 59.9 Å². The molecule has 1 amide bonds. The Morgan fingerprint density at radius 2 is 1.97 bits per heavy atom. The zero-order valence-electron chi connectivity index (χ0n) is 15.9. The van der Waals surface area contributed by atoms with Gasteiger partial charge in [-0.15, -0.1) is 11.3 Å². The number of rotatable bonds is 9. The van der Waals surface area contributed by atoms with Crippen LogP contribution in [-0.2, 0) is 17.8 Å². The third kappa shape index (κ3) is 6.62. The standard InChI is InChI=1S/C22H21ClN2O3S/c1-2-27-21-12-17(14-24-25-22(26)13-19-4-3-11-29-19)7-10-20(21)28-15-16-5-8-18(23)9-6-16/h3-12,14H,2,13,15H2,1H3,(H,25,26)/b24-14-. The van der Waals surface area contributed by atoms with Crippen LogP contribution in [0, 0.1) is 0 Å². The van der Waals surface area contributed by atoms with E-state index in [1.807, 2.05) is 66.9 Å². The van der Waals surface area contributed by atoms with Crippen molar-refractivity contribution in [1.29, 1.82) is 0 Å². The zero-order valence-corrected chi connectivity index (χ0v) is 17.5. The van der Waals surface area contributed by atoms with Crippen molar-refractivity contribution in [2.24, 2.45) is 5.10 Å². The number of hydrogen-bond acceptors (Lipinski definition) is 5. The molecule has 0 bridgehead atoms. The molecule has 150 valence electrons. The van der Waals surface area contributed by atoms with E-state index in [2.05, 4.69) is 10.5 Å². The number of amides is 1. The van der Waals surface area contributed by atoms with E-state index >= 15 is 0 Å². The van der Waals surface area contributed by atoms with E-state index < -0.39 is 0 Å². The van der Waals surface area contributed by atoms with Crippen LogP contribution in [0.4, 0.5) is 0 Å². The second kappa shape index (κ2) is 10.6. The molecule has 0 radical (unpaired) electrons. The van der Waals surface area contributed by atoms with Crippen molar-refractivity contribution in [3.63, 3.8) is 0 Å². The molecule has 7 heteroatoms. The number of hydrogen-bond donors (Lipinski definition) is 1. The number of hydrazone groups is 1. The maximum atomic E-state index is 11.9. The molecule has 29 heavy (non-hydrogen) atoms. The summed E-state index contributed by atoms with van der Waals surface area (Å²) >= 11 is 7.45. The molecule has 0 saturated heterocycles. The minimum absolute atomic E-state index is 0.156. The summed E-state index contributed by atoms with van der Waals surface area (Å²) in [6, 6.07) is 16.9. The number of nitrogens with one attached hydrogen (secondary N) is 1. The fourth-order valence-electron chi connectivity index (χ4n) is 2.52. The average Bonchev–Trinajstić information content (AvgIpc) is 3.22. The molecule has 3 rings (SSSR count). The van der Waals surface area contributed by atoms with Gasteiger partial charge in [0.2, 0.25) is 5.91 Å². The Balaban J connectivity index is 1.60. The van der Waals surface area contributed by atoms with Gasteiger partial charge in [0.15, 0.2) is 11.5 Å². The van der Waals surface area contributed by atoms with Gasteiger partial charge < -0.3 is 9.47 Å². The molecule has 0 aliphatic rings. The van der Waals surface area contributed by atoms with Crippen LogP contribution in [-0.4, -0.2) is 18.7 Å². The molecule has 1 N–H and O–H groups in total. The lowest BCUT2D eigenvalue weighted by atomic mass is 10.2. The average molecular weight is 429 g/mol. The first-order valence-corrected chi connectivity index (χ1v) is 10.4. The Kier molecular flexibility index (Phi) is 7.67. The lowest BCUT2D eigenvalue weighted by Crippen LogP contribution is -2.19. The molecule has 0 aliphatic heterocycles. The molecule has 0 spiro atoms. The minimum Gasteiger partial charge on any atom is -0.490 e. The first kappa shape index (κ1) is 20.9. The van der Waals surface area contributed by atoms with E-state index in [4.69, 9.17) is 21.1 Å². The predicted molar refractivity (Wildman–Crippen MR) is 117 cm³/mol. The fraction of sp³-hybridized carbons (Fsp3) is 0.182. The molecule has 0 aliphatic carbocycles. The van der Waals surface area contributed by atoms with Gasteiger partial charge in [-0.05, 0) is 59.8 Å². The molecule has 0 saturated carbocycles. The van der Waals surface area contributed by atoms with Crippen molar-refractivity contribution in [2.45, 2.75) is 20.0 Å². The third-order valence-corrected chi connectivity index (χ3v) is 5.02. The highest BCUT2D eigenvalue weighted by molar-refractivity contribution is 7.10. The van der Waals surface area contributed by atoms with E-state index in [1.165, 1.54) is 0 Å². The van der Waals surface area contributed by atoms with Crippen molar-refractivity contribution in [3.8, 4) is 11.5 Å². The van der Waals surface area contributed by atoms with Gasteiger partial charge >= 0.3 is 0 Å².